The SMILES string of the molecule is CC(C)(C)C1CN(C2(C)CCC2)CCCN1. The van der Waals surface area contributed by atoms with Crippen LogP contribution in [0.1, 0.15) is 53.4 Å². The fourth-order valence-corrected chi connectivity index (χ4v) is 3.00. The van der Waals surface area contributed by atoms with Crippen molar-refractivity contribution < 1.29 is 0 Å². The lowest BCUT2D eigenvalue weighted by Crippen LogP contribution is -2.56. The summed E-state index contributed by atoms with van der Waals surface area (Å²) in [5.41, 5.74) is 0.901. The van der Waals surface area contributed by atoms with Gasteiger partial charge in [0.15, 0.2) is 0 Å². The van der Waals surface area contributed by atoms with Crippen LogP contribution in [0.5, 0.6) is 0 Å². The second-order valence-corrected chi connectivity index (χ2v) is 7.02. The largest absolute Gasteiger partial charge is 0.312 e. The van der Waals surface area contributed by atoms with Gasteiger partial charge in [0.25, 0.3) is 0 Å². The molecule has 0 bridgehead atoms. The lowest BCUT2D eigenvalue weighted by atomic mass is 9.76. The monoisotopic (exact) mass is 224 g/mol. The van der Waals surface area contributed by atoms with E-state index in [1.165, 1.54) is 45.3 Å². The summed E-state index contributed by atoms with van der Waals surface area (Å²) in [6, 6.07) is 0.646. The second kappa shape index (κ2) is 4.30. The first-order chi connectivity index (χ1) is 7.42. The first-order valence-electron chi connectivity index (χ1n) is 6.90. The molecule has 1 N–H and O–H groups in total. The van der Waals surface area contributed by atoms with Gasteiger partial charge >= 0.3 is 0 Å². The summed E-state index contributed by atoms with van der Waals surface area (Å²) >= 11 is 0. The third kappa shape index (κ3) is 2.43. The summed E-state index contributed by atoms with van der Waals surface area (Å²) in [7, 11) is 0. The maximum absolute atomic E-state index is 3.73. The minimum Gasteiger partial charge on any atom is -0.312 e. The lowest BCUT2D eigenvalue weighted by Gasteiger charge is -2.49. The molecule has 0 amide bonds. The molecule has 1 heterocycles. The second-order valence-electron chi connectivity index (χ2n) is 7.02. The van der Waals surface area contributed by atoms with Gasteiger partial charge in [-0.3, -0.25) is 4.90 Å². The Labute approximate surface area is 101 Å². The van der Waals surface area contributed by atoms with Gasteiger partial charge in [-0.05, 0) is 51.1 Å². The summed E-state index contributed by atoms with van der Waals surface area (Å²) in [6.45, 7) is 13.2. The highest BCUT2D eigenvalue weighted by Crippen LogP contribution is 2.38. The minimum absolute atomic E-state index is 0.378. The number of nitrogens with zero attached hydrogens (tertiary/aromatic N) is 1. The van der Waals surface area contributed by atoms with Crippen molar-refractivity contribution >= 4 is 0 Å². The van der Waals surface area contributed by atoms with Crippen LogP contribution in [0.25, 0.3) is 0 Å². The topological polar surface area (TPSA) is 15.3 Å². The van der Waals surface area contributed by atoms with E-state index in [1.54, 1.807) is 0 Å². The van der Waals surface area contributed by atoms with E-state index in [4.69, 9.17) is 0 Å². The van der Waals surface area contributed by atoms with E-state index in [0.717, 1.165) is 0 Å². The summed E-state index contributed by atoms with van der Waals surface area (Å²) in [6.07, 6.45) is 5.55. The number of rotatable bonds is 1. The Bertz CT molecular complexity index is 238. The van der Waals surface area contributed by atoms with Gasteiger partial charge in [-0.2, -0.15) is 0 Å². The average Bonchev–Trinajstić information content (AvgIpc) is 2.38. The van der Waals surface area contributed by atoms with E-state index >= 15 is 0 Å². The molecule has 0 aromatic carbocycles. The third-order valence-corrected chi connectivity index (χ3v) is 4.64. The van der Waals surface area contributed by atoms with Gasteiger partial charge in [0.05, 0.1) is 0 Å². The molecule has 94 valence electrons. The van der Waals surface area contributed by atoms with Crippen LogP contribution in [0.2, 0.25) is 0 Å². The molecule has 1 unspecified atom stereocenters. The van der Waals surface area contributed by atoms with Gasteiger partial charge in [-0.15, -0.1) is 0 Å². The zero-order chi connectivity index (χ0) is 11.8. The molecule has 0 aromatic rings. The van der Waals surface area contributed by atoms with Gasteiger partial charge in [0, 0.05) is 18.1 Å². The van der Waals surface area contributed by atoms with Crippen molar-refractivity contribution in [3.8, 4) is 0 Å². The maximum Gasteiger partial charge on any atom is 0.0243 e. The summed E-state index contributed by atoms with van der Waals surface area (Å²) in [4.78, 5) is 2.76. The van der Waals surface area contributed by atoms with E-state index in [0.29, 0.717) is 17.0 Å². The van der Waals surface area contributed by atoms with Crippen LogP contribution in [-0.2, 0) is 0 Å². The minimum atomic E-state index is 0.378. The van der Waals surface area contributed by atoms with E-state index in [-0.39, 0.29) is 0 Å². The fourth-order valence-electron chi connectivity index (χ4n) is 3.00. The molecule has 2 fully saturated rings. The molecule has 0 spiro atoms. The molecule has 1 aliphatic carbocycles. The summed E-state index contributed by atoms with van der Waals surface area (Å²) in [5, 5.41) is 3.73. The average molecular weight is 224 g/mol. The van der Waals surface area contributed by atoms with Gasteiger partial charge in [-0.25, -0.2) is 0 Å². The van der Waals surface area contributed by atoms with Crippen LogP contribution in [0.15, 0.2) is 0 Å². The van der Waals surface area contributed by atoms with E-state index < -0.39 is 0 Å². The molecule has 1 saturated carbocycles. The van der Waals surface area contributed by atoms with Crippen LogP contribution in [0, 0.1) is 5.41 Å². The van der Waals surface area contributed by atoms with Crippen molar-refractivity contribution in [2.24, 2.45) is 5.41 Å². The highest BCUT2D eigenvalue weighted by atomic mass is 15.2. The van der Waals surface area contributed by atoms with Crippen molar-refractivity contribution in [2.75, 3.05) is 19.6 Å². The molecule has 2 rings (SSSR count). The molecule has 2 aliphatic rings. The molecular weight excluding hydrogens is 196 g/mol. The Kier molecular flexibility index (Phi) is 3.33. The Balaban J connectivity index is 2.03. The van der Waals surface area contributed by atoms with Crippen molar-refractivity contribution in [1.29, 1.82) is 0 Å². The molecule has 16 heavy (non-hydrogen) atoms. The Hall–Kier alpha value is -0.0800. The van der Waals surface area contributed by atoms with Crippen LogP contribution in [0.4, 0.5) is 0 Å². The molecule has 2 heteroatoms. The standard InChI is InChI=1S/C14H28N2/c1-13(2,3)12-11-16(10-6-9-15-12)14(4)7-5-8-14/h12,15H,5-11H2,1-4H3. The van der Waals surface area contributed by atoms with Gasteiger partial charge in [0.2, 0.25) is 0 Å². The van der Waals surface area contributed by atoms with Crippen LogP contribution >= 0.6 is 0 Å². The normalized spacial score (nSPS) is 31.9. The molecule has 1 saturated heterocycles. The molecule has 0 aromatic heterocycles. The molecule has 0 radical (unpaired) electrons. The molecule has 1 atom stereocenters. The lowest BCUT2D eigenvalue weighted by molar-refractivity contribution is 0.0216. The van der Waals surface area contributed by atoms with Crippen LogP contribution in [0.3, 0.4) is 0 Å². The predicted molar refractivity (Wildman–Crippen MR) is 69.7 cm³/mol. The Morgan fingerprint density at radius 1 is 1.19 bits per heavy atom. The smallest absolute Gasteiger partial charge is 0.0243 e. The van der Waals surface area contributed by atoms with Crippen LogP contribution in [-0.4, -0.2) is 36.1 Å². The van der Waals surface area contributed by atoms with Gasteiger partial charge in [-0.1, -0.05) is 20.8 Å². The fraction of sp³-hybridized carbons (Fsp3) is 1.00. The summed E-state index contributed by atoms with van der Waals surface area (Å²) < 4.78 is 0. The van der Waals surface area contributed by atoms with Gasteiger partial charge < -0.3 is 5.32 Å². The first kappa shape index (κ1) is 12.4. The number of hydrogen-bond donors (Lipinski definition) is 1. The van der Waals surface area contributed by atoms with E-state index in [9.17, 15) is 0 Å². The Morgan fingerprint density at radius 3 is 2.38 bits per heavy atom. The zero-order valence-corrected chi connectivity index (χ0v) is 11.5. The number of nitrogens with one attached hydrogen (secondary N) is 1. The quantitative estimate of drug-likeness (QED) is 0.736. The zero-order valence-electron chi connectivity index (χ0n) is 11.5. The van der Waals surface area contributed by atoms with Crippen molar-refractivity contribution in [3.63, 3.8) is 0 Å². The van der Waals surface area contributed by atoms with Crippen LogP contribution < -0.4 is 5.32 Å². The summed E-state index contributed by atoms with van der Waals surface area (Å²) in [5.74, 6) is 0. The van der Waals surface area contributed by atoms with Gasteiger partial charge in [0.1, 0.15) is 0 Å². The highest BCUT2D eigenvalue weighted by Gasteiger charge is 2.40. The first-order valence-corrected chi connectivity index (χ1v) is 6.90. The maximum atomic E-state index is 3.73. The van der Waals surface area contributed by atoms with Crippen molar-refractivity contribution in [3.05, 3.63) is 0 Å². The van der Waals surface area contributed by atoms with E-state index in [1.807, 2.05) is 0 Å². The Morgan fingerprint density at radius 2 is 1.88 bits per heavy atom. The van der Waals surface area contributed by atoms with Crippen molar-refractivity contribution in [2.45, 2.75) is 65.0 Å². The molecule has 1 aliphatic heterocycles. The van der Waals surface area contributed by atoms with Crippen molar-refractivity contribution in [1.82, 2.24) is 10.2 Å². The molecule has 2 nitrogen and oxygen atoms in total. The predicted octanol–water partition coefficient (Wildman–Crippen LogP) is 2.64. The third-order valence-electron chi connectivity index (χ3n) is 4.64. The number of hydrogen-bond acceptors (Lipinski definition) is 2. The van der Waals surface area contributed by atoms with E-state index in [2.05, 4.69) is 37.9 Å². The molecular formula is C14H28N2. The highest BCUT2D eigenvalue weighted by molar-refractivity contribution is 4.97.